The first kappa shape index (κ1) is 20.3. The molecule has 1 aliphatic heterocycles. The van der Waals surface area contributed by atoms with E-state index in [1.54, 1.807) is 0 Å². The molecule has 0 radical (unpaired) electrons. The Labute approximate surface area is 178 Å². The van der Waals surface area contributed by atoms with Gasteiger partial charge in [-0.2, -0.15) is 0 Å². The van der Waals surface area contributed by atoms with Crippen molar-refractivity contribution in [3.8, 4) is 11.5 Å². The van der Waals surface area contributed by atoms with Gasteiger partial charge in [0, 0.05) is 17.8 Å². The van der Waals surface area contributed by atoms with Gasteiger partial charge in [-0.3, -0.25) is 5.43 Å². The third-order valence-electron chi connectivity index (χ3n) is 5.29. The molecule has 5 heteroatoms. The van der Waals surface area contributed by atoms with E-state index in [4.69, 9.17) is 15.2 Å². The number of anilines is 1. The van der Waals surface area contributed by atoms with Crippen LogP contribution in [0.25, 0.3) is 0 Å². The summed E-state index contributed by atoms with van der Waals surface area (Å²) in [6.45, 7) is 1.32. The molecule has 2 atom stereocenters. The Morgan fingerprint density at radius 2 is 1.67 bits per heavy atom. The van der Waals surface area contributed by atoms with Gasteiger partial charge in [-0.25, -0.2) is 5.43 Å². The Bertz CT molecular complexity index is 915. The van der Waals surface area contributed by atoms with E-state index in [0.29, 0.717) is 12.3 Å². The smallest absolute Gasteiger partial charge is 0.121 e. The van der Waals surface area contributed by atoms with Gasteiger partial charge in [0.1, 0.15) is 18.1 Å². The molecule has 0 aromatic heterocycles. The number of rotatable bonds is 9. The number of nitrogens with two attached hydrogens (primary N) is 1. The lowest BCUT2D eigenvalue weighted by molar-refractivity contribution is 0.273. The van der Waals surface area contributed by atoms with Gasteiger partial charge in [0.2, 0.25) is 0 Å². The SMILES string of the molecule is Nc1cccc(OCC2CC(c3ccc(OCCCc4ccccc4)cc3)NN2)c1. The number of hydrogen-bond donors (Lipinski definition) is 3. The van der Waals surface area contributed by atoms with Gasteiger partial charge < -0.3 is 15.2 Å². The zero-order chi connectivity index (χ0) is 20.6. The lowest BCUT2D eigenvalue weighted by Gasteiger charge is -2.12. The number of nitrogen functional groups attached to an aromatic ring is 1. The quantitative estimate of drug-likeness (QED) is 0.368. The maximum Gasteiger partial charge on any atom is 0.121 e. The van der Waals surface area contributed by atoms with Crippen molar-refractivity contribution in [2.24, 2.45) is 0 Å². The Balaban J connectivity index is 1.19. The molecule has 1 saturated heterocycles. The fraction of sp³-hybridized carbons (Fsp3) is 0.280. The molecular formula is C25H29N3O2. The minimum atomic E-state index is 0.241. The minimum Gasteiger partial charge on any atom is -0.494 e. The Kier molecular flexibility index (Phi) is 6.85. The minimum absolute atomic E-state index is 0.241. The van der Waals surface area contributed by atoms with E-state index in [0.717, 1.165) is 37.4 Å². The van der Waals surface area contributed by atoms with Crippen molar-refractivity contribution < 1.29 is 9.47 Å². The van der Waals surface area contributed by atoms with E-state index in [9.17, 15) is 0 Å². The van der Waals surface area contributed by atoms with Crippen molar-refractivity contribution in [3.05, 3.63) is 90.0 Å². The molecule has 0 spiro atoms. The molecule has 1 heterocycles. The lowest BCUT2D eigenvalue weighted by Crippen LogP contribution is -2.34. The average molecular weight is 404 g/mol. The average Bonchev–Trinajstić information content (AvgIpc) is 3.26. The molecule has 3 aromatic carbocycles. The normalized spacial score (nSPS) is 18.3. The number of hydrazine groups is 1. The van der Waals surface area contributed by atoms with Crippen LogP contribution >= 0.6 is 0 Å². The highest BCUT2D eigenvalue weighted by atomic mass is 16.5. The molecule has 30 heavy (non-hydrogen) atoms. The van der Waals surface area contributed by atoms with Gasteiger partial charge in [0.15, 0.2) is 0 Å². The first-order chi connectivity index (χ1) is 14.8. The van der Waals surface area contributed by atoms with Crippen LogP contribution in [0.4, 0.5) is 5.69 Å². The summed E-state index contributed by atoms with van der Waals surface area (Å²) >= 11 is 0. The predicted octanol–water partition coefficient (Wildman–Crippen LogP) is 4.27. The summed E-state index contributed by atoms with van der Waals surface area (Å²) < 4.78 is 11.8. The van der Waals surface area contributed by atoms with Crippen LogP contribution in [-0.4, -0.2) is 19.3 Å². The van der Waals surface area contributed by atoms with E-state index >= 15 is 0 Å². The van der Waals surface area contributed by atoms with Crippen molar-refractivity contribution in [1.82, 2.24) is 10.9 Å². The van der Waals surface area contributed by atoms with Gasteiger partial charge >= 0.3 is 0 Å². The first-order valence-corrected chi connectivity index (χ1v) is 10.5. The molecule has 156 valence electrons. The largest absolute Gasteiger partial charge is 0.494 e. The topological polar surface area (TPSA) is 68.5 Å². The second-order valence-electron chi connectivity index (χ2n) is 7.66. The summed E-state index contributed by atoms with van der Waals surface area (Å²) in [4.78, 5) is 0. The van der Waals surface area contributed by atoms with Gasteiger partial charge in [-0.05, 0) is 54.7 Å². The molecule has 3 aromatic rings. The van der Waals surface area contributed by atoms with Crippen LogP contribution in [0.15, 0.2) is 78.9 Å². The zero-order valence-corrected chi connectivity index (χ0v) is 17.1. The van der Waals surface area contributed by atoms with Crippen LogP contribution in [-0.2, 0) is 6.42 Å². The summed E-state index contributed by atoms with van der Waals surface area (Å²) in [5, 5.41) is 0. The van der Waals surface area contributed by atoms with Crippen LogP contribution in [0.3, 0.4) is 0 Å². The molecule has 2 unspecified atom stereocenters. The van der Waals surface area contributed by atoms with Crippen LogP contribution in [0, 0.1) is 0 Å². The van der Waals surface area contributed by atoms with E-state index < -0.39 is 0 Å². The van der Waals surface area contributed by atoms with Crippen LogP contribution in [0.5, 0.6) is 11.5 Å². The van der Waals surface area contributed by atoms with Crippen molar-refractivity contribution in [2.75, 3.05) is 18.9 Å². The molecule has 5 nitrogen and oxygen atoms in total. The highest BCUT2D eigenvalue weighted by Crippen LogP contribution is 2.25. The van der Waals surface area contributed by atoms with Gasteiger partial charge in [-0.15, -0.1) is 0 Å². The molecule has 0 saturated carbocycles. The Morgan fingerprint density at radius 1 is 0.833 bits per heavy atom. The molecule has 0 aliphatic carbocycles. The number of aryl methyl sites for hydroxylation is 1. The highest BCUT2D eigenvalue weighted by molar-refractivity contribution is 5.43. The summed E-state index contributed by atoms with van der Waals surface area (Å²) in [5.74, 6) is 1.72. The summed E-state index contributed by atoms with van der Waals surface area (Å²) in [5.41, 5.74) is 15.8. The highest BCUT2D eigenvalue weighted by Gasteiger charge is 2.25. The second-order valence-corrected chi connectivity index (χ2v) is 7.66. The summed E-state index contributed by atoms with van der Waals surface area (Å²) in [6, 6.07) is 26.9. The second kappa shape index (κ2) is 10.1. The maximum atomic E-state index is 5.90. The van der Waals surface area contributed by atoms with Gasteiger partial charge in [0.25, 0.3) is 0 Å². The number of ether oxygens (including phenoxy) is 2. The van der Waals surface area contributed by atoms with Crippen LogP contribution in [0.2, 0.25) is 0 Å². The molecular weight excluding hydrogens is 374 g/mol. The number of hydrogen-bond acceptors (Lipinski definition) is 5. The molecule has 1 aliphatic rings. The van der Waals surface area contributed by atoms with Crippen LogP contribution < -0.4 is 26.1 Å². The van der Waals surface area contributed by atoms with E-state index in [1.165, 1.54) is 11.1 Å². The third-order valence-corrected chi connectivity index (χ3v) is 5.29. The van der Waals surface area contributed by atoms with E-state index in [-0.39, 0.29) is 12.1 Å². The maximum absolute atomic E-state index is 5.90. The first-order valence-electron chi connectivity index (χ1n) is 10.5. The van der Waals surface area contributed by atoms with Gasteiger partial charge in [-0.1, -0.05) is 48.5 Å². The monoisotopic (exact) mass is 403 g/mol. The molecule has 1 fully saturated rings. The Hall–Kier alpha value is -3.02. The fourth-order valence-corrected chi connectivity index (χ4v) is 3.66. The van der Waals surface area contributed by atoms with E-state index in [2.05, 4.69) is 59.4 Å². The summed E-state index contributed by atoms with van der Waals surface area (Å²) in [7, 11) is 0. The van der Waals surface area contributed by atoms with Crippen molar-refractivity contribution in [2.45, 2.75) is 31.3 Å². The number of benzene rings is 3. The third kappa shape index (κ3) is 5.75. The standard InChI is InChI=1S/C25H29N3O2/c26-21-9-4-10-24(16-21)30-18-22-17-25(28-27-22)20-11-13-23(14-12-20)29-15-5-8-19-6-2-1-3-7-19/h1-4,6-7,9-14,16,22,25,27-28H,5,8,15,17-18,26H2. The van der Waals surface area contributed by atoms with Crippen molar-refractivity contribution in [3.63, 3.8) is 0 Å². The molecule has 4 N–H and O–H groups in total. The fourth-order valence-electron chi connectivity index (χ4n) is 3.66. The van der Waals surface area contributed by atoms with Crippen molar-refractivity contribution in [1.29, 1.82) is 0 Å². The van der Waals surface area contributed by atoms with Crippen molar-refractivity contribution >= 4 is 5.69 Å². The molecule has 0 bridgehead atoms. The summed E-state index contributed by atoms with van der Waals surface area (Å²) in [6.07, 6.45) is 3.00. The molecule has 4 rings (SSSR count). The van der Waals surface area contributed by atoms with Gasteiger partial charge in [0.05, 0.1) is 12.6 Å². The van der Waals surface area contributed by atoms with E-state index in [1.807, 2.05) is 30.3 Å². The molecule has 0 amide bonds. The van der Waals surface area contributed by atoms with Crippen LogP contribution in [0.1, 0.15) is 30.0 Å². The zero-order valence-electron chi connectivity index (χ0n) is 17.1. The lowest BCUT2D eigenvalue weighted by atomic mass is 10.0. The Morgan fingerprint density at radius 3 is 2.47 bits per heavy atom. The predicted molar refractivity (Wildman–Crippen MR) is 120 cm³/mol. The number of nitrogens with one attached hydrogen (secondary N) is 2.